The van der Waals surface area contributed by atoms with Crippen molar-refractivity contribution in [1.82, 2.24) is 4.90 Å². The van der Waals surface area contributed by atoms with Gasteiger partial charge in [-0.15, -0.1) is 0 Å². The molecule has 0 spiro atoms. The lowest BCUT2D eigenvalue weighted by molar-refractivity contribution is -0.128. The zero-order valence-corrected chi connectivity index (χ0v) is 20.6. The summed E-state index contributed by atoms with van der Waals surface area (Å²) in [7, 11) is -4.11. The first-order chi connectivity index (χ1) is 16.4. The van der Waals surface area contributed by atoms with Crippen LogP contribution in [0.3, 0.4) is 0 Å². The Kier molecular flexibility index (Phi) is 6.63. The van der Waals surface area contributed by atoms with Crippen LogP contribution in [0.1, 0.15) is 33.6 Å². The lowest BCUT2D eigenvalue weighted by Gasteiger charge is -2.37. The maximum absolute atomic E-state index is 13.6. The summed E-state index contributed by atoms with van der Waals surface area (Å²) in [4.78, 5) is 25.9. The van der Waals surface area contributed by atoms with Crippen molar-refractivity contribution in [3.63, 3.8) is 0 Å². The summed E-state index contributed by atoms with van der Waals surface area (Å²) in [5.41, 5.74) is -0.180. The van der Waals surface area contributed by atoms with Crippen molar-refractivity contribution in [3.8, 4) is 5.75 Å². The minimum Gasteiger partial charge on any atom is -0.484 e. The molecule has 1 fully saturated rings. The second-order valence-electron chi connectivity index (χ2n) is 9.48. The average molecular weight is 506 g/mol. The van der Waals surface area contributed by atoms with Crippen molar-refractivity contribution in [2.24, 2.45) is 0 Å². The van der Waals surface area contributed by atoms with Gasteiger partial charge in [0.05, 0.1) is 23.7 Å². The molecule has 1 unspecified atom stereocenters. The number of anilines is 2. The second-order valence-corrected chi connectivity index (χ2v) is 11.3. The predicted octanol–water partition coefficient (Wildman–Crippen LogP) is 3.75. The fraction of sp³-hybridized carbons (Fsp3) is 0.417. The zero-order chi connectivity index (χ0) is 25.4. The molecule has 0 radical (unpaired) electrons. The van der Waals surface area contributed by atoms with Crippen molar-refractivity contribution in [3.05, 3.63) is 48.3 Å². The SMILES string of the molecule is CC(C)(C)OC(=O)Nc1ccc2c(c1)N(S(=O)(=O)c1ccc(F)cc1)CC(CN1CCCC1=O)O2. The van der Waals surface area contributed by atoms with Crippen LogP contribution in [0.2, 0.25) is 0 Å². The van der Waals surface area contributed by atoms with E-state index in [-0.39, 0.29) is 35.3 Å². The van der Waals surface area contributed by atoms with Crippen LogP contribution in [-0.2, 0) is 19.6 Å². The fourth-order valence-corrected chi connectivity index (χ4v) is 5.51. The maximum Gasteiger partial charge on any atom is 0.412 e. The van der Waals surface area contributed by atoms with Gasteiger partial charge in [-0.25, -0.2) is 17.6 Å². The molecule has 2 heterocycles. The number of sulfonamides is 1. The van der Waals surface area contributed by atoms with E-state index in [1.54, 1.807) is 37.8 Å². The smallest absolute Gasteiger partial charge is 0.412 e. The van der Waals surface area contributed by atoms with Gasteiger partial charge in [0.15, 0.2) is 0 Å². The molecule has 1 atom stereocenters. The number of carbonyl (C=O) groups excluding carboxylic acids is 2. The van der Waals surface area contributed by atoms with Crippen molar-refractivity contribution >= 4 is 33.4 Å². The van der Waals surface area contributed by atoms with E-state index in [4.69, 9.17) is 9.47 Å². The van der Waals surface area contributed by atoms with Gasteiger partial charge < -0.3 is 14.4 Å². The van der Waals surface area contributed by atoms with Crippen LogP contribution in [0.4, 0.5) is 20.6 Å². The normalized spacial score (nSPS) is 18.2. The van der Waals surface area contributed by atoms with Crippen LogP contribution >= 0.6 is 0 Å². The van der Waals surface area contributed by atoms with Gasteiger partial charge in [-0.2, -0.15) is 0 Å². The van der Waals surface area contributed by atoms with E-state index in [1.165, 1.54) is 22.5 Å². The average Bonchev–Trinajstić information content (AvgIpc) is 3.16. The molecule has 2 aromatic carbocycles. The number of benzene rings is 2. The highest BCUT2D eigenvalue weighted by Gasteiger charge is 2.37. The van der Waals surface area contributed by atoms with E-state index in [2.05, 4.69) is 5.32 Å². The van der Waals surface area contributed by atoms with E-state index in [1.807, 2.05) is 0 Å². The monoisotopic (exact) mass is 505 g/mol. The lowest BCUT2D eigenvalue weighted by Crippen LogP contribution is -2.48. The van der Waals surface area contributed by atoms with Crippen molar-refractivity contribution in [1.29, 1.82) is 0 Å². The van der Waals surface area contributed by atoms with Crippen LogP contribution in [0.25, 0.3) is 0 Å². The molecule has 35 heavy (non-hydrogen) atoms. The number of likely N-dealkylation sites (tertiary alicyclic amines) is 1. The molecular formula is C24H28FN3O6S. The molecule has 2 aliphatic heterocycles. The number of halogens is 1. The molecule has 4 rings (SSSR count). The second kappa shape index (κ2) is 9.37. The first-order valence-electron chi connectivity index (χ1n) is 11.3. The summed E-state index contributed by atoms with van der Waals surface area (Å²) in [5.74, 6) is -0.266. The Bertz CT molecular complexity index is 1230. The summed E-state index contributed by atoms with van der Waals surface area (Å²) < 4.78 is 53.1. The Morgan fingerprint density at radius 2 is 1.91 bits per heavy atom. The zero-order valence-electron chi connectivity index (χ0n) is 19.8. The van der Waals surface area contributed by atoms with Gasteiger partial charge in [0.25, 0.3) is 10.0 Å². The Labute approximate surface area is 203 Å². The molecule has 2 amide bonds. The van der Waals surface area contributed by atoms with E-state index in [0.29, 0.717) is 18.7 Å². The first-order valence-corrected chi connectivity index (χ1v) is 12.7. The molecule has 0 bridgehead atoms. The molecule has 188 valence electrons. The topological polar surface area (TPSA) is 105 Å². The molecule has 0 aromatic heterocycles. The summed E-state index contributed by atoms with van der Waals surface area (Å²) in [6.07, 6.45) is -0.0861. The highest BCUT2D eigenvalue weighted by atomic mass is 32.2. The summed E-state index contributed by atoms with van der Waals surface area (Å²) in [5, 5.41) is 2.60. The standard InChI is InChI=1S/C24H28FN3O6S/c1-24(2,3)34-23(30)26-17-8-11-21-20(13-17)28(35(31,32)19-9-6-16(25)7-10-19)15-18(33-21)14-27-12-4-5-22(27)29/h6-11,13,18H,4-5,12,14-15H2,1-3H3,(H,26,30). The summed E-state index contributed by atoms with van der Waals surface area (Å²) in [6, 6.07) is 9.17. The third-order valence-electron chi connectivity index (χ3n) is 5.53. The van der Waals surface area contributed by atoms with Crippen LogP contribution < -0.4 is 14.4 Å². The van der Waals surface area contributed by atoms with Gasteiger partial charge in [0.1, 0.15) is 23.3 Å². The van der Waals surface area contributed by atoms with Crippen LogP contribution in [-0.4, -0.2) is 56.7 Å². The summed E-state index contributed by atoms with van der Waals surface area (Å²) >= 11 is 0. The molecule has 9 nitrogen and oxygen atoms in total. The molecule has 2 aliphatic rings. The fourth-order valence-electron chi connectivity index (χ4n) is 4.01. The number of nitrogens with one attached hydrogen (secondary N) is 1. The number of hydrogen-bond acceptors (Lipinski definition) is 6. The Morgan fingerprint density at radius 3 is 2.54 bits per heavy atom. The number of carbonyl (C=O) groups is 2. The number of ether oxygens (including phenoxy) is 2. The van der Waals surface area contributed by atoms with Gasteiger partial charge in [-0.3, -0.25) is 14.4 Å². The van der Waals surface area contributed by atoms with Gasteiger partial charge >= 0.3 is 6.09 Å². The Morgan fingerprint density at radius 1 is 1.20 bits per heavy atom. The minimum absolute atomic E-state index is 0.00393. The van der Waals surface area contributed by atoms with E-state index < -0.39 is 33.6 Å². The Balaban J connectivity index is 1.67. The largest absolute Gasteiger partial charge is 0.484 e. The highest BCUT2D eigenvalue weighted by Crippen LogP contribution is 2.39. The molecule has 11 heteroatoms. The molecular weight excluding hydrogens is 477 g/mol. The van der Waals surface area contributed by atoms with Crippen molar-refractivity contribution in [2.75, 3.05) is 29.3 Å². The predicted molar refractivity (Wildman–Crippen MR) is 127 cm³/mol. The molecule has 1 saturated heterocycles. The van der Waals surface area contributed by atoms with Crippen molar-refractivity contribution < 1.29 is 31.9 Å². The van der Waals surface area contributed by atoms with Crippen LogP contribution in [0, 0.1) is 5.82 Å². The first kappa shape index (κ1) is 24.8. The van der Waals surface area contributed by atoms with Gasteiger partial charge in [0.2, 0.25) is 5.91 Å². The number of fused-ring (bicyclic) bond motifs is 1. The highest BCUT2D eigenvalue weighted by molar-refractivity contribution is 7.92. The number of hydrogen-bond donors (Lipinski definition) is 1. The van der Waals surface area contributed by atoms with E-state index in [9.17, 15) is 22.4 Å². The minimum atomic E-state index is -4.11. The van der Waals surface area contributed by atoms with E-state index in [0.717, 1.165) is 18.6 Å². The van der Waals surface area contributed by atoms with Crippen LogP contribution in [0.5, 0.6) is 5.75 Å². The maximum atomic E-state index is 13.6. The molecule has 2 aromatic rings. The van der Waals surface area contributed by atoms with Gasteiger partial charge in [-0.05, 0) is 69.7 Å². The van der Waals surface area contributed by atoms with Gasteiger partial charge in [0, 0.05) is 18.7 Å². The molecule has 0 saturated carbocycles. The number of nitrogens with zero attached hydrogens (tertiary/aromatic N) is 2. The van der Waals surface area contributed by atoms with Crippen molar-refractivity contribution in [2.45, 2.75) is 50.2 Å². The third-order valence-corrected chi connectivity index (χ3v) is 7.33. The summed E-state index contributed by atoms with van der Waals surface area (Å²) in [6.45, 7) is 5.97. The Hall–Kier alpha value is -3.34. The van der Waals surface area contributed by atoms with Gasteiger partial charge in [-0.1, -0.05) is 0 Å². The molecule has 1 N–H and O–H groups in total. The lowest BCUT2D eigenvalue weighted by atomic mass is 10.2. The number of amides is 2. The number of rotatable bonds is 5. The quantitative estimate of drug-likeness (QED) is 0.664. The van der Waals surface area contributed by atoms with E-state index >= 15 is 0 Å². The van der Waals surface area contributed by atoms with Crippen LogP contribution in [0.15, 0.2) is 47.4 Å². The third kappa shape index (κ3) is 5.67. The molecule has 0 aliphatic carbocycles.